The molecular weight excluding hydrogens is 419 g/mol. The van der Waals surface area contributed by atoms with E-state index in [-0.39, 0.29) is 17.2 Å². The summed E-state index contributed by atoms with van der Waals surface area (Å²) in [6, 6.07) is 11.2. The van der Waals surface area contributed by atoms with Crippen molar-refractivity contribution in [2.24, 2.45) is 5.14 Å². The largest absolute Gasteiger partial charge is 0.416 e. The number of aryl methyl sites for hydroxylation is 1. The highest BCUT2D eigenvalue weighted by Crippen LogP contribution is 2.31. The van der Waals surface area contributed by atoms with Gasteiger partial charge in [0.2, 0.25) is 15.9 Å². The molecule has 0 atom stereocenters. The number of primary sulfonamides is 1. The Bertz CT molecular complexity index is 1000. The molecular formula is C20H22F3N3O3S. The number of carbonyl (C=O) groups is 1. The summed E-state index contributed by atoms with van der Waals surface area (Å²) in [5, 5.41) is 5.06. The van der Waals surface area contributed by atoms with E-state index in [4.69, 9.17) is 5.14 Å². The normalized spacial score (nSPS) is 15.3. The second-order valence-electron chi connectivity index (χ2n) is 7.10. The molecule has 1 fully saturated rings. The van der Waals surface area contributed by atoms with Gasteiger partial charge in [0, 0.05) is 38.3 Å². The molecule has 162 valence electrons. The van der Waals surface area contributed by atoms with Crippen LogP contribution in [0.4, 0.5) is 18.9 Å². The number of hydrogen-bond acceptors (Lipinski definition) is 4. The minimum absolute atomic E-state index is 0.0169. The molecule has 30 heavy (non-hydrogen) atoms. The van der Waals surface area contributed by atoms with Crippen molar-refractivity contribution in [3.8, 4) is 0 Å². The van der Waals surface area contributed by atoms with Crippen molar-refractivity contribution < 1.29 is 26.4 Å². The van der Waals surface area contributed by atoms with Gasteiger partial charge in [-0.1, -0.05) is 18.2 Å². The third kappa shape index (κ3) is 5.51. The standard InChI is InChI=1S/C20H22F3N3O3S/c21-20(22,23)16-2-1-3-17(14-16)25-10-12-26(13-11-25)19(27)9-6-15-4-7-18(8-5-15)30(24,28)29/h1-5,7-8,14H,6,9-13H2,(H2,24,28,29). The Labute approximate surface area is 173 Å². The van der Waals surface area contributed by atoms with Gasteiger partial charge in [0.25, 0.3) is 0 Å². The van der Waals surface area contributed by atoms with Crippen LogP contribution in [0.3, 0.4) is 0 Å². The fourth-order valence-corrected chi connectivity index (χ4v) is 3.86. The van der Waals surface area contributed by atoms with Crippen LogP contribution >= 0.6 is 0 Å². The second-order valence-corrected chi connectivity index (χ2v) is 8.67. The number of halogens is 3. The van der Waals surface area contributed by atoms with E-state index in [2.05, 4.69) is 0 Å². The first-order chi connectivity index (χ1) is 14.0. The number of hydrogen-bond donors (Lipinski definition) is 1. The number of piperazine rings is 1. The van der Waals surface area contributed by atoms with Crippen LogP contribution in [0.25, 0.3) is 0 Å². The number of alkyl halides is 3. The lowest BCUT2D eigenvalue weighted by atomic mass is 10.1. The molecule has 0 aliphatic carbocycles. The summed E-state index contributed by atoms with van der Waals surface area (Å²) in [5.74, 6) is -0.0470. The van der Waals surface area contributed by atoms with E-state index >= 15 is 0 Å². The minimum Gasteiger partial charge on any atom is -0.368 e. The van der Waals surface area contributed by atoms with Crippen molar-refractivity contribution >= 4 is 21.6 Å². The molecule has 1 saturated heterocycles. The monoisotopic (exact) mass is 441 g/mol. The first kappa shape index (κ1) is 22.1. The van der Waals surface area contributed by atoms with Crippen LogP contribution in [0, 0.1) is 0 Å². The van der Waals surface area contributed by atoms with E-state index in [1.807, 2.05) is 4.90 Å². The fourth-order valence-electron chi connectivity index (χ4n) is 3.35. The van der Waals surface area contributed by atoms with E-state index in [9.17, 15) is 26.4 Å². The zero-order chi connectivity index (χ0) is 21.9. The maximum Gasteiger partial charge on any atom is 0.416 e. The smallest absolute Gasteiger partial charge is 0.368 e. The van der Waals surface area contributed by atoms with Crippen LogP contribution < -0.4 is 10.0 Å². The summed E-state index contributed by atoms with van der Waals surface area (Å²) >= 11 is 0. The molecule has 0 saturated carbocycles. The molecule has 10 heteroatoms. The van der Waals surface area contributed by atoms with Crippen molar-refractivity contribution in [1.82, 2.24) is 4.90 Å². The van der Waals surface area contributed by atoms with Gasteiger partial charge in [-0.3, -0.25) is 4.79 Å². The Kier molecular flexibility index (Phi) is 6.37. The number of nitrogens with two attached hydrogens (primary N) is 1. The van der Waals surface area contributed by atoms with E-state index in [1.54, 1.807) is 23.1 Å². The van der Waals surface area contributed by atoms with Crippen LogP contribution in [0.15, 0.2) is 53.4 Å². The second kappa shape index (κ2) is 8.65. The molecule has 0 radical (unpaired) electrons. The summed E-state index contributed by atoms with van der Waals surface area (Å²) < 4.78 is 61.2. The SMILES string of the molecule is NS(=O)(=O)c1ccc(CCC(=O)N2CCN(c3cccc(C(F)(F)F)c3)CC2)cc1. The number of sulfonamides is 1. The number of benzene rings is 2. The lowest BCUT2D eigenvalue weighted by Gasteiger charge is -2.36. The van der Waals surface area contributed by atoms with Crippen molar-refractivity contribution in [1.29, 1.82) is 0 Å². The number of amides is 1. The zero-order valence-corrected chi connectivity index (χ0v) is 16.9. The Balaban J connectivity index is 1.52. The van der Waals surface area contributed by atoms with Crippen LogP contribution in [0.5, 0.6) is 0 Å². The van der Waals surface area contributed by atoms with Crippen LogP contribution in [-0.4, -0.2) is 45.4 Å². The number of nitrogens with zero attached hydrogens (tertiary/aromatic N) is 2. The average Bonchev–Trinajstić information content (AvgIpc) is 2.71. The van der Waals surface area contributed by atoms with Gasteiger partial charge >= 0.3 is 6.18 Å². The third-order valence-electron chi connectivity index (χ3n) is 5.05. The van der Waals surface area contributed by atoms with Gasteiger partial charge in [-0.05, 0) is 42.3 Å². The highest BCUT2D eigenvalue weighted by atomic mass is 32.2. The van der Waals surface area contributed by atoms with Gasteiger partial charge in [-0.2, -0.15) is 13.2 Å². The Morgan fingerprint density at radius 1 is 1.00 bits per heavy atom. The summed E-state index contributed by atoms with van der Waals surface area (Å²) in [4.78, 5) is 16.0. The molecule has 2 N–H and O–H groups in total. The maximum absolute atomic E-state index is 12.9. The van der Waals surface area contributed by atoms with Gasteiger partial charge in [0.05, 0.1) is 10.5 Å². The number of anilines is 1. The zero-order valence-electron chi connectivity index (χ0n) is 16.1. The number of carbonyl (C=O) groups excluding carboxylic acids is 1. The molecule has 2 aromatic rings. The van der Waals surface area contributed by atoms with Crippen molar-refractivity contribution in [2.75, 3.05) is 31.1 Å². The Hall–Kier alpha value is -2.59. The van der Waals surface area contributed by atoms with Gasteiger partial charge in [0.15, 0.2) is 0 Å². The summed E-state index contributed by atoms with van der Waals surface area (Å²) in [7, 11) is -3.75. The van der Waals surface area contributed by atoms with Gasteiger partial charge < -0.3 is 9.80 Å². The highest BCUT2D eigenvalue weighted by Gasteiger charge is 2.31. The summed E-state index contributed by atoms with van der Waals surface area (Å²) in [5.41, 5.74) is 0.622. The van der Waals surface area contributed by atoms with E-state index < -0.39 is 21.8 Å². The van der Waals surface area contributed by atoms with Crippen LogP contribution in [0.2, 0.25) is 0 Å². The van der Waals surface area contributed by atoms with Gasteiger partial charge in [0.1, 0.15) is 0 Å². The average molecular weight is 441 g/mol. The molecule has 0 bridgehead atoms. The Morgan fingerprint density at radius 2 is 1.63 bits per heavy atom. The lowest BCUT2D eigenvalue weighted by molar-refractivity contribution is -0.137. The minimum atomic E-state index is -4.39. The van der Waals surface area contributed by atoms with E-state index in [0.29, 0.717) is 38.3 Å². The maximum atomic E-state index is 12.9. The molecule has 2 aromatic carbocycles. The molecule has 1 amide bonds. The van der Waals surface area contributed by atoms with Crippen molar-refractivity contribution in [3.63, 3.8) is 0 Å². The highest BCUT2D eigenvalue weighted by molar-refractivity contribution is 7.89. The number of rotatable bonds is 5. The van der Waals surface area contributed by atoms with Gasteiger partial charge in [-0.15, -0.1) is 0 Å². The first-order valence-corrected chi connectivity index (χ1v) is 10.9. The van der Waals surface area contributed by atoms with Crippen LogP contribution in [-0.2, 0) is 27.4 Å². The van der Waals surface area contributed by atoms with E-state index in [0.717, 1.165) is 17.7 Å². The molecule has 1 aliphatic rings. The predicted molar refractivity (Wildman–Crippen MR) is 106 cm³/mol. The quantitative estimate of drug-likeness (QED) is 0.773. The summed E-state index contributed by atoms with van der Waals surface area (Å²) in [6.07, 6.45) is -3.67. The van der Waals surface area contributed by atoms with Crippen LogP contribution in [0.1, 0.15) is 17.5 Å². The lowest BCUT2D eigenvalue weighted by Crippen LogP contribution is -2.48. The fraction of sp³-hybridized carbons (Fsp3) is 0.350. The molecule has 0 unspecified atom stereocenters. The van der Waals surface area contributed by atoms with Crippen molar-refractivity contribution in [2.45, 2.75) is 23.9 Å². The molecule has 0 spiro atoms. The molecule has 3 rings (SSSR count). The molecule has 6 nitrogen and oxygen atoms in total. The predicted octanol–water partition coefficient (Wildman–Crippen LogP) is 2.63. The Morgan fingerprint density at radius 3 is 2.20 bits per heavy atom. The van der Waals surface area contributed by atoms with E-state index in [1.165, 1.54) is 18.2 Å². The molecule has 1 heterocycles. The van der Waals surface area contributed by atoms with Gasteiger partial charge in [-0.25, -0.2) is 13.6 Å². The first-order valence-electron chi connectivity index (χ1n) is 9.36. The van der Waals surface area contributed by atoms with Crippen molar-refractivity contribution in [3.05, 3.63) is 59.7 Å². The molecule has 0 aromatic heterocycles. The summed E-state index contributed by atoms with van der Waals surface area (Å²) in [6.45, 7) is 1.77. The third-order valence-corrected chi connectivity index (χ3v) is 5.98. The topological polar surface area (TPSA) is 83.7 Å². The molecule has 1 aliphatic heterocycles.